The first-order chi connectivity index (χ1) is 37.6. The third kappa shape index (κ3) is 53.8. The van der Waals surface area contributed by atoms with Crippen molar-refractivity contribution in [1.29, 1.82) is 0 Å². The molecule has 6 atom stereocenters. The van der Waals surface area contributed by atoms with Crippen molar-refractivity contribution >= 4 is 39.5 Å². The topological polar surface area (TPSA) is 237 Å². The van der Waals surface area contributed by atoms with Crippen LogP contribution < -0.4 is 0 Å². The molecule has 17 nitrogen and oxygen atoms in total. The zero-order chi connectivity index (χ0) is 59.0. The average molecular weight is 1170 g/mol. The monoisotopic (exact) mass is 1170 g/mol. The molecule has 0 saturated carbocycles. The maximum Gasteiger partial charge on any atom is 0.472 e. The van der Waals surface area contributed by atoms with Crippen molar-refractivity contribution in [3.8, 4) is 0 Å². The van der Waals surface area contributed by atoms with Crippen LogP contribution in [0.25, 0.3) is 0 Å². The van der Waals surface area contributed by atoms with Gasteiger partial charge in [0, 0.05) is 25.7 Å². The summed E-state index contributed by atoms with van der Waals surface area (Å²) in [7, 11) is -9.88. The van der Waals surface area contributed by atoms with Crippen LogP contribution >= 0.6 is 15.6 Å². The fourth-order valence-electron chi connectivity index (χ4n) is 8.69. The summed E-state index contributed by atoms with van der Waals surface area (Å²) in [6.07, 6.45) is 28.4. The second kappa shape index (κ2) is 50.6. The highest BCUT2D eigenvalue weighted by atomic mass is 31.2. The molecule has 0 aliphatic heterocycles. The molecule has 0 aromatic carbocycles. The zero-order valence-corrected chi connectivity index (χ0v) is 52.8. The van der Waals surface area contributed by atoms with Crippen molar-refractivity contribution < 1.29 is 80.2 Å². The minimum Gasteiger partial charge on any atom is -0.462 e. The number of unbranched alkanes of at least 4 members (excludes halogenated alkanes) is 22. The van der Waals surface area contributed by atoms with Crippen LogP contribution in [0.1, 0.15) is 280 Å². The lowest BCUT2D eigenvalue weighted by molar-refractivity contribution is -0.161. The van der Waals surface area contributed by atoms with Gasteiger partial charge in [0.05, 0.1) is 26.4 Å². The first kappa shape index (κ1) is 77.1. The van der Waals surface area contributed by atoms with Crippen LogP contribution in [0.4, 0.5) is 0 Å². The lowest BCUT2D eigenvalue weighted by Crippen LogP contribution is -2.30. The van der Waals surface area contributed by atoms with E-state index in [0.717, 1.165) is 109 Å². The third-order valence-electron chi connectivity index (χ3n) is 13.9. The van der Waals surface area contributed by atoms with Crippen molar-refractivity contribution in [3.63, 3.8) is 0 Å². The Morgan fingerprint density at radius 3 is 0.899 bits per heavy atom. The van der Waals surface area contributed by atoms with E-state index in [-0.39, 0.29) is 25.7 Å². The molecule has 3 unspecified atom stereocenters. The van der Waals surface area contributed by atoms with Crippen molar-refractivity contribution in [1.82, 2.24) is 0 Å². The van der Waals surface area contributed by atoms with Gasteiger partial charge in [-0.2, -0.15) is 0 Å². The summed E-state index contributed by atoms with van der Waals surface area (Å²) in [5, 5.41) is 10.5. The summed E-state index contributed by atoms with van der Waals surface area (Å²) >= 11 is 0. The Balaban J connectivity index is 5.25. The van der Waals surface area contributed by atoms with E-state index in [1.165, 1.54) is 70.6 Å². The van der Waals surface area contributed by atoms with Gasteiger partial charge in [0.2, 0.25) is 0 Å². The maximum absolute atomic E-state index is 12.9. The largest absolute Gasteiger partial charge is 0.472 e. The number of ether oxygens (including phenoxy) is 4. The molecule has 0 heterocycles. The quantitative estimate of drug-likeness (QED) is 0.0222. The van der Waals surface area contributed by atoms with Crippen LogP contribution in [0.2, 0.25) is 0 Å². The summed E-state index contributed by atoms with van der Waals surface area (Å²) in [6, 6.07) is 0. The minimum atomic E-state index is -4.94. The third-order valence-corrected chi connectivity index (χ3v) is 15.8. The number of hydrogen-bond donors (Lipinski definition) is 3. The predicted molar refractivity (Wildman–Crippen MR) is 312 cm³/mol. The van der Waals surface area contributed by atoms with Gasteiger partial charge in [-0.05, 0) is 49.4 Å². The number of phosphoric acid groups is 2. The molecule has 0 radical (unpaired) electrons. The van der Waals surface area contributed by atoms with E-state index in [1.807, 2.05) is 0 Å². The number of phosphoric ester groups is 2. The molecule has 0 aliphatic rings. The van der Waals surface area contributed by atoms with Crippen LogP contribution in [0.5, 0.6) is 0 Å². The number of carbonyl (C=O) groups excluding carboxylic acids is 4. The Kier molecular flexibility index (Phi) is 49.3. The molecule has 0 aliphatic carbocycles. The van der Waals surface area contributed by atoms with Gasteiger partial charge in [-0.3, -0.25) is 37.3 Å². The molecule has 0 spiro atoms. The number of carbonyl (C=O) groups is 4. The van der Waals surface area contributed by atoms with Crippen molar-refractivity contribution in [3.05, 3.63) is 0 Å². The molecule has 0 amide bonds. The van der Waals surface area contributed by atoms with Gasteiger partial charge in [-0.15, -0.1) is 0 Å². The molecule has 19 heteroatoms. The Hall–Kier alpha value is -1.94. The Morgan fingerprint density at radius 1 is 0.354 bits per heavy atom. The first-order valence-electron chi connectivity index (χ1n) is 31.2. The van der Waals surface area contributed by atoms with E-state index >= 15 is 0 Å². The van der Waals surface area contributed by atoms with Gasteiger partial charge < -0.3 is 33.8 Å². The summed E-state index contributed by atoms with van der Waals surface area (Å²) < 4.78 is 67.7. The Bertz CT molecular complexity index is 1600. The average Bonchev–Trinajstić information content (AvgIpc) is 3.39. The van der Waals surface area contributed by atoms with E-state index in [9.17, 15) is 43.2 Å². The Morgan fingerprint density at radius 2 is 0.608 bits per heavy atom. The van der Waals surface area contributed by atoms with Crippen LogP contribution in [0, 0.1) is 23.7 Å². The van der Waals surface area contributed by atoms with Gasteiger partial charge in [-0.25, -0.2) is 9.13 Å². The van der Waals surface area contributed by atoms with Crippen molar-refractivity contribution in [2.75, 3.05) is 39.6 Å². The molecule has 468 valence electrons. The molecule has 0 saturated heterocycles. The zero-order valence-electron chi connectivity index (χ0n) is 51.0. The molecule has 0 rings (SSSR count). The summed E-state index contributed by atoms with van der Waals surface area (Å²) in [6.45, 7) is 13.8. The maximum atomic E-state index is 12.9. The highest BCUT2D eigenvalue weighted by Crippen LogP contribution is 2.45. The minimum absolute atomic E-state index is 0.101. The number of rotatable bonds is 57. The summed E-state index contributed by atoms with van der Waals surface area (Å²) in [5.74, 6) is 0.651. The predicted octanol–water partition coefficient (Wildman–Crippen LogP) is 15.8. The van der Waals surface area contributed by atoms with E-state index in [1.54, 1.807) is 0 Å². The van der Waals surface area contributed by atoms with E-state index < -0.39 is 97.5 Å². The van der Waals surface area contributed by atoms with Gasteiger partial charge in [0.25, 0.3) is 0 Å². The van der Waals surface area contributed by atoms with Gasteiger partial charge in [0.15, 0.2) is 12.2 Å². The molecule has 0 fully saturated rings. The molecule has 0 bridgehead atoms. The number of esters is 4. The number of hydrogen-bond acceptors (Lipinski definition) is 15. The van der Waals surface area contributed by atoms with Crippen LogP contribution in [0.3, 0.4) is 0 Å². The standard InChI is InChI=1S/C60H116O17P2/c1-9-53(8)39-31-23-17-19-25-33-41-58(63)71-47-56(77-60(65)43-35-27-15-11-13-21-29-37-51(4)5)49-75-79(68,69)73-45-54(61)44-72-78(66,67)74-48-55(46-70-57(62)40-32-24-18-16-22-30-38-52(6)7)76-59(64)42-34-26-14-10-12-20-28-36-50(2)3/h50-56,61H,9-49H2,1-8H3,(H,66,67)(H,68,69)/t53?,54-,55-,56-/m1/s1. The van der Waals surface area contributed by atoms with Crippen molar-refractivity contribution in [2.45, 2.75) is 298 Å². The molecule has 0 aromatic heterocycles. The Labute approximate surface area is 479 Å². The smallest absolute Gasteiger partial charge is 0.462 e. The highest BCUT2D eigenvalue weighted by molar-refractivity contribution is 7.47. The SMILES string of the molecule is CCC(C)CCCCCCCCC(=O)OC[C@H](COP(=O)(O)OC[C@H](O)COP(=O)(O)OC[C@@H](COC(=O)CCCCCCCCC(C)C)OC(=O)CCCCCCCCCC(C)C)OC(=O)CCCCCCCCCC(C)C. The van der Waals surface area contributed by atoms with E-state index in [0.29, 0.717) is 43.4 Å². The lowest BCUT2D eigenvalue weighted by atomic mass is 10.00. The summed E-state index contributed by atoms with van der Waals surface area (Å²) in [4.78, 5) is 71.9. The highest BCUT2D eigenvalue weighted by Gasteiger charge is 2.30. The second-order valence-corrected chi connectivity index (χ2v) is 26.3. The first-order valence-corrected chi connectivity index (χ1v) is 34.2. The molecular weight excluding hydrogens is 1050 g/mol. The van der Waals surface area contributed by atoms with Crippen LogP contribution in [0.15, 0.2) is 0 Å². The van der Waals surface area contributed by atoms with Gasteiger partial charge in [0.1, 0.15) is 19.3 Å². The molecular formula is C60H116O17P2. The fraction of sp³-hybridized carbons (Fsp3) is 0.933. The van der Waals surface area contributed by atoms with Crippen LogP contribution in [-0.2, 0) is 65.4 Å². The van der Waals surface area contributed by atoms with E-state index in [4.69, 9.17) is 37.0 Å². The van der Waals surface area contributed by atoms with Gasteiger partial charge >= 0.3 is 39.5 Å². The van der Waals surface area contributed by atoms with Crippen molar-refractivity contribution in [2.24, 2.45) is 23.7 Å². The van der Waals surface area contributed by atoms with Crippen LogP contribution in [-0.4, -0.2) is 96.7 Å². The second-order valence-electron chi connectivity index (χ2n) is 23.4. The van der Waals surface area contributed by atoms with Gasteiger partial charge in [-0.1, -0.05) is 229 Å². The molecule has 0 aromatic rings. The number of aliphatic hydroxyl groups is 1. The molecule has 79 heavy (non-hydrogen) atoms. The normalized spacial score (nSPS) is 14.9. The summed E-state index contributed by atoms with van der Waals surface area (Å²) in [5.41, 5.74) is 0. The molecule has 3 N–H and O–H groups in total. The van der Waals surface area contributed by atoms with E-state index in [2.05, 4.69) is 55.4 Å². The number of aliphatic hydroxyl groups excluding tert-OH is 1. The fourth-order valence-corrected chi connectivity index (χ4v) is 10.3. The lowest BCUT2D eigenvalue weighted by Gasteiger charge is -2.21.